The Bertz CT molecular complexity index is 870. The molecule has 1 aliphatic heterocycles. The third-order valence-electron chi connectivity index (χ3n) is 4.63. The predicted octanol–water partition coefficient (Wildman–Crippen LogP) is 0.217. The van der Waals surface area contributed by atoms with Crippen LogP contribution in [0.25, 0.3) is 5.57 Å². The van der Waals surface area contributed by atoms with Crippen LogP contribution in [0.2, 0.25) is 0 Å². The highest BCUT2D eigenvalue weighted by Crippen LogP contribution is 2.32. The molecule has 1 saturated heterocycles. The average molecular weight is 417 g/mol. The topological polar surface area (TPSA) is 138 Å². The van der Waals surface area contributed by atoms with Crippen LogP contribution in [0.15, 0.2) is 36.1 Å². The summed E-state index contributed by atoms with van der Waals surface area (Å²) < 4.78 is 47.0. The van der Waals surface area contributed by atoms with Crippen LogP contribution in [0.3, 0.4) is 0 Å². The molecule has 0 amide bonds. The maximum Gasteiger partial charge on any atom is 0.306 e. The molecule has 1 aliphatic carbocycles. The van der Waals surface area contributed by atoms with Gasteiger partial charge < -0.3 is 25.2 Å². The molecule has 6 unspecified atom stereocenters. The fourth-order valence-electron chi connectivity index (χ4n) is 3.24. The molecule has 2 heterocycles. The SMILES string of the molecule is O=C(O)CC1OC(CO)C(O)C(n2cc(C3=CC(F)C=C(F)C(F)=C3)nn2)C1O. The van der Waals surface area contributed by atoms with Crippen LogP contribution >= 0.6 is 0 Å². The van der Waals surface area contributed by atoms with Crippen LogP contribution < -0.4 is 0 Å². The summed E-state index contributed by atoms with van der Waals surface area (Å²) in [4.78, 5) is 11.0. The molecular weight excluding hydrogens is 399 g/mol. The van der Waals surface area contributed by atoms with Gasteiger partial charge in [0.05, 0.1) is 25.3 Å². The van der Waals surface area contributed by atoms with Gasteiger partial charge in [0.2, 0.25) is 0 Å². The number of hydrogen-bond acceptors (Lipinski definition) is 7. The number of carboxylic acids is 1. The Balaban J connectivity index is 1.92. The van der Waals surface area contributed by atoms with E-state index in [-0.39, 0.29) is 11.3 Å². The first kappa shape index (κ1) is 21.2. The first-order valence-electron chi connectivity index (χ1n) is 8.58. The van der Waals surface area contributed by atoms with Crippen molar-refractivity contribution in [2.45, 2.75) is 43.1 Å². The molecule has 4 N–H and O–H groups in total. The van der Waals surface area contributed by atoms with E-state index in [0.717, 1.165) is 23.0 Å². The molecule has 2 aliphatic rings. The zero-order valence-electron chi connectivity index (χ0n) is 14.8. The molecule has 29 heavy (non-hydrogen) atoms. The summed E-state index contributed by atoms with van der Waals surface area (Å²) in [7, 11) is 0. The maximum absolute atomic E-state index is 13.7. The molecular formula is C17H18F3N3O6. The molecule has 0 spiro atoms. The van der Waals surface area contributed by atoms with Crippen LogP contribution in [0.4, 0.5) is 13.2 Å². The zero-order valence-corrected chi connectivity index (χ0v) is 14.8. The van der Waals surface area contributed by atoms with Crippen LogP contribution in [0.1, 0.15) is 18.2 Å². The number of allylic oxidation sites excluding steroid dienone is 6. The molecule has 0 aromatic carbocycles. The molecule has 3 rings (SSSR count). The summed E-state index contributed by atoms with van der Waals surface area (Å²) in [6, 6.07) is -1.26. The number of halogens is 3. The fourth-order valence-corrected chi connectivity index (χ4v) is 3.24. The van der Waals surface area contributed by atoms with Gasteiger partial charge in [-0.15, -0.1) is 5.10 Å². The lowest BCUT2D eigenvalue weighted by Crippen LogP contribution is -2.56. The van der Waals surface area contributed by atoms with Crippen molar-refractivity contribution in [3.63, 3.8) is 0 Å². The number of hydrogen-bond donors (Lipinski definition) is 4. The number of nitrogens with zero attached hydrogens (tertiary/aromatic N) is 3. The Morgan fingerprint density at radius 3 is 2.52 bits per heavy atom. The average Bonchev–Trinajstić information content (AvgIpc) is 3.08. The quantitative estimate of drug-likeness (QED) is 0.534. The minimum Gasteiger partial charge on any atom is -0.481 e. The number of rotatable bonds is 5. The Morgan fingerprint density at radius 1 is 1.17 bits per heavy atom. The normalized spacial score (nSPS) is 32.8. The minimum atomic E-state index is -1.92. The van der Waals surface area contributed by atoms with E-state index in [4.69, 9.17) is 9.84 Å². The lowest BCUT2D eigenvalue weighted by molar-refractivity contribution is -0.209. The van der Waals surface area contributed by atoms with E-state index in [1.54, 1.807) is 0 Å². The van der Waals surface area contributed by atoms with E-state index in [9.17, 15) is 33.3 Å². The number of carboxylic acid groups (broad SMARTS) is 1. The van der Waals surface area contributed by atoms with E-state index >= 15 is 0 Å². The largest absolute Gasteiger partial charge is 0.481 e. The van der Waals surface area contributed by atoms with Crippen molar-refractivity contribution < 1.29 is 43.1 Å². The standard InChI is InChI=1S/C17H18F3N3O6/c18-8-1-7(2-9(19)10(20)3-8)11-5-23(22-21-11)15-16(27)12(4-14(25)26)29-13(6-24)17(15)28/h1-3,5,8,12-13,15-17,24,27-28H,4,6H2,(H,25,26). The van der Waals surface area contributed by atoms with Crippen molar-refractivity contribution in [2.24, 2.45) is 0 Å². The highest BCUT2D eigenvalue weighted by atomic mass is 19.2. The molecule has 9 nitrogen and oxygen atoms in total. The van der Waals surface area contributed by atoms with Gasteiger partial charge in [-0.2, -0.15) is 0 Å². The number of alkyl halides is 1. The summed E-state index contributed by atoms with van der Waals surface area (Å²) >= 11 is 0. The smallest absolute Gasteiger partial charge is 0.306 e. The van der Waals surface area contributed by atoms with Gasteiger partial charge in [0.25, 0.3) is 0 Å². The Labute approximate surface area is 162 Å². The van der Waals surface area contributed by atoms with Gasteiger partial charge in [-0.05, 0) is 18.2 Å². The monoisotopic (exact) mass is 417 g/mol. The van der Waals surface area contributed by atoms with Crippen LogP contribution in [-0.4, -0.2) is 78.6 Å². The molecule has 158 valence electrons. The summed E-state index contributed by atoms with van der Waals surface area (Å²) in [6.45, 7) is -0.657. The van der Waals surface area contributed by atoms with Crippen molar-refractivity contribution in [3.05, 3.63) is 41.8 Å². The summed E-state index contributed by atoms with van der Waals surface area (Å²) in [5.41, 5.74) is -0.200. The summed E-state index contributed by atoms with van der Waals surface area (Å²) in [5, 5.41) is 46.7. The van der Waals surface area contributed by atoms with Gasteiger partial charge in [0.1, 0.15) is 36.2 Å². The Hall–Kier alpha value is -2.54. The minimum absolute atomic E-state index is 0.0767. The molecule has 0 saturated carbocycles. The summed E-state index contributed by atoms with van der Waals surface area (Å²) in [6.07, 6.45) is -4.79. The zero-order chi connectivity index (χ0) is 21.3. The highest BCUT2D eigenvalue weighted by Gasteiger charge is 2.46. The van der Waals surface area contributed by atoms with Gasteiger partial charge in [-0.25, -0.2) is 17.9 Å². The Kier molecular flexibility index (Phi) is 6.17. The molecule has 0 radical (unpaired) electrons. The van der Waals surface area contributed by atoms with Gasteiger partial charge in [-0.1, -0.05) is 5.21 Å². The number of aliphatic carboxylic acids is 1. The van der Waals surface area contributed by atoms with Crippen molar-refractivity contribution in [1.82, 2.24) is 15.0 Å². The second-order valence-electron chi connectivity index (χ2n) is 6.62. The molecule has 1 aromatic heterocycles. The molecule has 6 atom stereocenters. The van der Waals surface area contributed by atoms with Crippen LogP contribution in [0, 0.1) is 0 Å². The third-order valence-corrected chi connectivity index (χ3v) is 4.63. The highest BCUT2D eigenvalue weighted by molar-refractivity contribution is 5.74. The maximum atomic E-state index is 13.7. The van der Waals surface area contributed by atoms with E-state index in [0.29, 0.717) is 6.08 Å². The summed E-state index contributed by atoms with van der Waals surface area (Å²) in [5.74, 6) is -3.94. The molecule has 0 bridgehead atoms. The molecule has 1 aromatic rings. The van der Waals surface area contributed by atoms with Crippen molar-refractivity contribution in [3.8, 4) is 0 Å². The van der Waals surface area contributed by atoms with Crippen molar-refractivity contribution >= 4 is 11.5 Å². The second kappa shape index (κ2) is 8.45. The lowest BCUT2D eigenvalue weighted by Gasteiger charge is -2.41. The third kappa shape index (κ3) is 4.40. The van der Waals surface area contributed by atoms with Gasteiger partial charge in [-0.3, -0.25) is 4.79 Å². The first-order chi connectivity index (χ1) is 13.7. The van der Waals surface area contributed by atoms with Crippen molar-refractivity contribution in [2.75, 3.05) is 6.61 Å². The number of ether oxygens (including phenoxy) is 1. The van der Waals surface area contributed by atoms with E-state index in [2.05, 4.69) is 10.3 Å². The molecule has 1 fully saturated rings. The van der Waals surface area contributed by atoms with Crippen LogP contribution in [0.5, 0.6) is 0 Å². The van der Waals surface area contributed by atoms with E-state index in [1.807, 2.05) is 0 Å². The number of aliphatic hydroxyl groups is 3. The number of aromatic nitrogens is 3. The van der Waals surface area contributed by atoms with Gasteiger partial charge in [0.15, 0.2) is 11.7 Å². The van der Waals surface area contributed by atoms with E-state index < -0.39 is 67.3 Å². The predicted molar refractivity (Wildman–Crippen MR) is 90.3 cm³/mol. The Morgan fingerprint density at radius 2 is 1.86 bits per heavy atom. The number of aliphatic hydroxyl groups excluding tert-OH is 3. The van der Waals surface area contributed by atoms with Gasteiger partial charge in [0, 0.05) is 5.57 Å². The first-order valence-corrected chi connectivity index (χ1v) is 8.58. The lowest BCUT2D eigenvalue weighted by atomic mass is 9.91. The fraction of sp³-hybridized carbons (Fsp3) is 0.471. The van der Waals surface area contributed by atoms with E-state index in [1.165, 1.54) is 0 Å². The van der Waals surface area contributed by atoms with Crippen LogP contribution in [-0.2, 0) is 9.53 Å². The number of carbonyl (C=O) groups is 1. The van der Waals surface area contributed by atoms with Gasteiger partial charge >= 0.3 is 5.97 Å². The van der Waals surface area contributed by atoms with Crippen molar-refractivity contribution in [1.29, 1.82) is 0 Å². The molecule has 12 heteroatoms. The second-order valence-corrected chi connectivity index (χ2v) is 6.62.